The number of hydrogen-bond donors (Lipinski definition) is 2. The van der Waals surface area contributed by atoms with Crippen LogP contribution in [0, 0.1) is 0 Å². The first-order valence-electron chi connectivity index (χ1n) is 10.0. The van der Waals surface area contributed by atoms with Crippen molar-refractivity contribution in [3.63, 3.8) is 0 Å². The van der Waals surface area contributed by atoms with Gasteiger partial charge in [0.25, 0.3) is 5.91 Å². The molecule has 0 aromatic heterocycles. The number of anilines is 1. The van der Waals surface area contributed by atoms with Gasteiger partial charge in [0.1, 0.15) is 11.8 Å². The number of quaternary nitrogens is 1. The summed E-state index contributed by atoms with van der Waals surface area (Å²) in [6, 6.07) is 16.1. The highest BCUT2D eigenvalue weighted by Crippen LogP contribution is 2.16. The minimum atomic E-state index is -0.0590. The first-order chi connectivity index (χ1) is 13.4. The molecular weight excluding hydrogens is 350 g/mol. The molecule has 2 aromatic carbocycles. The predicted octanol–water partition coefficient (Wildman–Crippen LogP) is 2.55. The van der Waals surface area contributed by atoms with Gasteiger partial charge in [0.05, 0.1) is 27.2 Å². The van der Waals surface area contributed by atoms with Gasteiger partial charge in [-0.15, -0.1) is 0 Å². The van der Waals surface area contributed by atoms with E-state index in [0.29, 0.717) is 18.7 Å². The number of carbonyl (C=O) groups excluding carboxylic acids is 1. The van der Waals surface area contributed by atoms with Crippen LogP contribution in [-0.4, -0.2) is 47.2 Å². The Labute approximate surface area is 169 Å². The Balaban J connectivity index is 1.96. The molecule has 152 valence electrons. The summed E-state index contributed by atoms with van der Waals surface area (Å²) in [5.74, 6) is 0.748. The van der Waals surface area contributed by atoms with Crippen molar-refractivity contribution in [3.8, 4) is 5.75 Å². The molecule has 0 fully saturated rings. The fourth-order valence-corrected chi connectivity index (χ4v) is 2.99. The second-order valence-corrected chi connectivity index (χ2v) is 7.55. The van der Waals surface area contributed by atoms with Crippen molar-refractivity contribution >= 4 is 11.6 Å². The molecule has 2 N–H and O–H groups in total. The summed E-state index contributed by atoms with van der Waals surface area (Å²) in [5, 5.41) is 3.08. The van der Waals surface area contributed by atoms with E-state index in [2.05, 4.69) is 55.5 Å². The summed E-state index contributed by atoms with van der Waals surface area (Å²) in [7, 11) is 8.28. The topological polar surface area (TPSA) is 46.0 Å². The van der Waals surface area contributed by atoms with Crippen molar-refractivity contribution in [2.75, 3.05) is 46.2 Å². The number of carbonyl (C=O) groups is 1. The number of ether oxygens (including phenoxy) is 1. The Bertz CT molecular complexity index is 725. The predicted molar refractivity (Wildman–Crippen MR) is 115 cm³/mol. The Kier molecular flexibility index (Phi) is 8.33. The number of nitrogens with zero attached hydrogens (tertiary/aromatic N) is 1. The third-order valence-corrected chi connectivity index (χ3v) is 4.86. The molecule has 1 amide bonds. The lowest BCUT2D eigenvalue weighted by Crippen LogP contribution is -3.07. The number of rotatable bonds is 10. The van der Waals surface area contributed by atoms with Gasteiger partial charge < -0.3 is 19.9 Å². The van der Waals surface area contributed by atoms with E-state index in [-0.39, 0.29) is 11.9 Å². The van der Waals surface area contributed by atoms with Crippen LogP contribution in [0.15, 0.2) is 48.5 Å². The standard InChI is InChI=1S/C23H33N3O2/c1-6-7-16-28-21-14-10-19(11-15-21)23(27)24-17-22(26(4)5)18-8-12-20(13-9-18)25(2)3/h8-15,22H,6-7,16-17H2,1-5H3,(H,24,27)/p+1/t22-/m1/s1. The minimum Gasteiger partial charge on any atom is -0.494 e. The molecule has 0 aliphatic heterocycles. The molecule has 28 heavy (non-hydrogen) atoms. The Morgan fingerprint density at radius 3 is 2.25 bits per heavy atom. The Morgan fingerprint density at radius 1 is 1.07 bits per heavy atom. The molecule has 2 aromatic rings. The van der Waals surface area contributed by atoms with Crippen molar-refractivity contribution in [3.05, 3.63) is 59.7 Å². The van der Waals surface area contributed by atoms with Gasteiger partial charge >= 0.3 is 0 Å². The summed E-state index contributed by atoms with van der Waals surface area (Å²) in [6.07, 6.45) is 2.14. The minimum absolute atomic E-state index is 0.0590. The summed E-state index contributed by atoms with van der Waals surface area (Å²) < 4.78 is 5.66. The van der Waals surface area contributed by atoms with Crippen LogP contribution in [0.4, 0.5) is 5.69 Å². The molecule has 0 saturated heterocycles. The van der Waals surface area contributed by atoms with Crippen molar-refractivity contribution in [1.82, 2.24) is 5.32 Å². The monoisotopic (exact) mass is 384 g/mol. The highest BCUT2D eigenvalue weighted by Gasteiger charge is 2.19. The van der Waals surface area contributed by atoms with E-state index < -0.39 is 0 Å². The molecule has 5 heteroatoms. The summed E-state index contributed by atoms with van der Waals surface area (Å²) in [4.78, 5) is 15.9. The van der Waals surface area contributed by atoms with Gasteiger partial charge in [-0.1, -0.05) is 25.5 Å². The second-order valence-electron chi connectivity index (χ2n) is 7.55. The molecule has 0 bridgehead atoms. The van der Waals surface area contributed by atoms with Gasteiger partial charge in [0, 0.05) is 30.9 Å². The highest BCUT2D eigenvalue weighted by molar-refractivity contribution is 5.94. The zero-order chi connectivity index (χ0) is 20.5. The zero-order valence-electron chi connectivity index (χ0n) is 17.8. The summed E-state index contributed by atoms with van der Waals surface area (Å²) >= 11 is 0. The van der Waals surface area contributed by atoms with Crippen LogP contribution in [0.1, 0.15) is 41.7 Å². The molecule has 0 unspecified atom stereocenters. The fraction of sp³-hybridized carbons (Fsp3) is 0.435. The number of likely N-dealkylation sites (N-methyl/N-ethyl adjacent to an activating group) is 1. The third kappa shape index (κ3) is 6.27. The average Bonchev–Trinajstić information content (AvgIpc) is 2.69. The van der Waals surface area contributed by atoms with E-state index in [9.17, 15) is 4.79 Å². The van der Waals surface area contributed by atoms with E-state index in [0.717, 1.165) is 18.6 Å². The molecular formula is C23H34N3O2+. The summed E-state index contributed by atoms with van der Waals surface area (Å²) in [6.45, 7) is 3.43. The van der Waals surface area contributed by atoms with E-state index in [4.69, 9.17) is 4.74 Å². The largest absolute Gasteiger partial charge is 0.494 e. The van der Waals surface area contributed by atoms with Gasteiger partial charge in [-0.2, -0.15) is 0 Å². The molecule has 1 atom stereocenters. The maximum absolute atomic E-state index is 12.6. The zero-order valence-corrected chi connectivity index (χ0v) is 17.8. The molecule has 0 aliphatic carbocycles. The van der Waals surface area contributed by atoms with Crippen LogP contribution in [0.5, 0.6) is 5.75 Å². The molecule has 2 rings (SSSR count). The molecule has 0 aliphatic rings. The molecule has 0 saturated carbocycles. The van der Waals surface area contributed by atoms with Crippen LogP contribution < -0.4 is 19.9 Å². The van der Waals surface area contributed by atoms with Gasteiger partial charge in [0.2, 0.25) is 0 Å². The first kappa shape index (κ1) is 21.8. The fourth-order valence-electron chi connectivity index (χ4n) is 2.99. The smallest absolute Gasteiger partial charge is 0.251 e. The van der Waals surface area contributed by atoms with Crippen LogP contribution in [0.3, 0.4) is 0 Å². The molecule has 0 spiro atoms. The number of benzene rings is 2. The van der Waals surface area contributed by atoms with Crippen molar-refractivity contribution in [1.29, 1.82) is 0 Å². The van der Waals surface area contributed by atoms with Crippen LogP contribution in [0.25, 0.3) is 0 Å². The van der Waals surface area contributed by atoms with Gasteiger partial charge in [-0.25, -0.2) is 0 Å². The van der Waals surface area contributed by atoms with E-state index in [1.165, 1.54) is 16.2 Å². The number of amides is 1. The van der Waals surface area contributed by atoms with E-state index >= 15 is 0 Å². The first-order valence-corrected chi connectivity index (χ1v) is 10.0. The van der Waals surface area contributed by atoms with Crippen LogP contribution in [-0.2, 0) is 0 Å². The lowest BCUT2D eigenvalue weighted by Gasteiger charge is -2.23. The average molecular weight is 385 g/mol. The second kappa shape index (κ2) is 10.7. The van der Waals surface area contributed by atoms with Crippen LogP contribution in [0.2, 0.25) is 0 Å². The SMILES string of the molecule is CCCCOc1ccc(C(=O)NC[C@H](c2ccc(N(C)C)cc2)[NH+](C)C)cc1. The lowest BCUT2D eigenvalue weighted by molar-refractivity contribution is -0.890. The Morgan fingerprint density at radius 2 is 1.71 bits per heavy atom. The van der Waals surface area contributed by atoms with E-state index in [1.54, 1.807) is 0 Å². The Hall–Kier alpha value is -2.53. The third-order valence-electron chi connectivity index (χ3n) is 4.86. The van der Waals surface area contributed by atoms with Crippen molar-refractivity contribution < 1.29 is 14.4 Å². The molecule has 5 nitrogen and oxygen atoms in total. The van der Waals surface area contributed by atoms with Crippen LogP contribution >= 0.6 is 0 Å². The summed E-state index contributed by atoms with van der Waals surface area (Å²) in [5.41, 5.74) is 3.03. The quantitative estimate of drug-likeness (QED) is 0.619. The van der Waals surface area contributed by atoms with Gasteiger partial charge in [-0.05, 0) is 42.8 Å². The lowest BCUT2D eigenvalue weighted by atomic mass is 10.0. The number of hydrogen-bond acceptors (Lipinski definition) is 3. The normalized spacial score (nSPS) is 11.9. The van der Waals surface area contributed by atoms with Crippen molar-refractivity contribution in [2.24, 2.45) is 0 Å². The maximum Gasteiger partial charge on any atom is 0.251 e. The van der Waals surface area contributed by atoms with E-state index in [1.807, 2.05) is 38.4 Å². The van der Waals surface area contributed by atoms with Gasteiger partial charge in [0.15, 0.2) is 0 Å². The number of nitrogens with one attached hydrogen (secondary N) is 2. The molecule has 0 heterocycles. The number of unbranched alkanes of at least 4 members (excludes halogenated alkanes) is 1. The van der Waals surface area contributed by atoms with Gasteiger partial charge in [-0.3, -0.25) is 4.79 Å². The maximum atomic E-state index is 12.6. The van der Waals surface area contributed by atoms with Crippen molar-refractivity contribution in [2.45, 2.75) is 25.8 Å². The molecule has 0 radical (unpaired) electrons. The highest BCUT2D eigenvalue weighted by atomic mass is 16.5.